The molecule has 3 N–H and O–H groups in total. The minimum atomic E-state index is -3.87. The van der Waals surface area contributed by atoms with Gasteiger partial charge in [-0.15, -0.1) is 0 Å². The van der Waals surface area contributed by atoms with Crippen LogP contribution in [0.4, 0.5) is 5.69 Å². The number of rotatable bonds is 11. The van der Waals surface area contributed by atoms with Crippen molar-refractivity contribution in [3.05, 3.63) is 71.2 Å². The molecule has 39 heavy (non-hydrogen) atoms. The summed E-state index contributed by atoms with van der Waals surface area (Å²) in [6, 6.07) is 13.2. The van der Waals surface area contributed by atoms with Gasteiger partial charge in [0.05, 0.1) is 23.3 Å². The molecule has 0 radical (unpaired) electrons. The normalized spacial score (nSPS) is 11.7. The molecular weight excluding hydrogens is 510 g/mol. The topological polar surface area (TPSA) is 120 Å². The molecule has 8 nitrogen and oxygen atoms in total. The summed E-state index contributed by atoms with van der Waals surface area (Å²) in [5.74, 6) is 0.911. The highest BCUT2D eigenvalue weighted by Crippen LogP contribution is 2.30. The van der Waals surface area contributed by atoms with Crippen molar-refractivity contribution in [3.8, 4) is 11.1 Å². The number of carbonyl (C=O) groups is 1. The number of sulfonamides is 1. The number of nitrogens with one attached hydrogen (secondary N) is 1. The zero-order valence-electron chi connectivity index (χ0n) is 23.1. The van der Waals surface area contributed by atoms with E-state index >= 15 is 0 Å². The highest BCUT2D eigenvalue weighted by Gasteiger charge is 2.18. The Labute approximate surface area is 230 Å². The van der Waals surface area contributed by atoms with E-state index in [1.807, 2.05) is 50.2 Å². The van der Waals surface area contributed by atoms with Crippen LogP contribution in [0.1, 0.15) is 69.0 Å². The Morgan fingerprint density at radius 3 is 2.31 bits per heavy atom. The molecule has 0 saturated carbocycles. The number of aryl methyl sites for hydroxylation is 3. The second-order valence-electron chi connectivity index (χ2n) is 9.95. The first-order valence-corrected chi connectivity index (χ1v) is 15.1. The Hall–Kier alpha value is -3.56. The first-order chi connectivity index (χ1) is 18.7. The van der Waals surface area contributed by atoms with E-state index in [0.29, 0.717) is 24.2 Å². The maximum atomic E-state index is 12.3. The highest BCUT2D eigenvalue weighted by molar-refractivity contribution is 7.89. The number of fused-ring (bicyclic) bond motifs is 1. The lowest BCUT2D eigenvalue weighted by Gasteiger charge is -2.13. The third-order valence-electron chi connectivity index (χ3n) is 6.81. The van der Waals surface area contributed by atoms with E-state index in [4.69, 9.17) is 15.1 Å². The van der Waals surface area contributed by atoms with Crippen LogP contribution in [-0.2, 0) is 34.2 Å². The summed E-state index contributed by atoms with van der Waals surface area (Å²) in [6.07, 6.45) is 6.51. The van der Waals surface area contributed by atoms with E-state index < -0.39 is 10.0 Å². The Kier molecular flexibility index (Phi) is 8.82. The number of hydrogen-bond acceptors (Lipinski definition) is 5. The maximum Gasteiger partial charge on any atom is 0.238 e. The molecule has 2 aromatic carbocycles. The van der Waals surface area contributed by atoms with Crippen molar-refractivity contribution in [1.82, 2.24) is 14.5 Å². The number of nitrogens with two attached hydrogens (primary N) is 1. The van der Waals surface area contributed by atoms with Crippen LogP contribution in [0.5, 0.6) is 0 Å². The molecule has 0 saturated heterocycles. The fourth-order valence-electron chi connectivity index (χ4n) is 4.84. The molecule has 1 amide bonds. The molecule has 9 heteroatoms. The van der Waals surface area contributed by atoms with Crippen molar-refractivity contribution in [1.29, 1.82) is 0 Å². The van der Waals surface area contributed by atoms with Crippen molar-refractivity contribution in [3.63, 3.8) is 0 Å². The lowest BCUT2D eigenvalue weighted by Crippen LogP contribution is -2.13. The zero-order valence-corrected chi connectivity index (χ0v) is 23.9. The Morgan fingerprint density at radius 2 is 1.67 bits per heavy atom. The summed E-state index contributed by atoms with van der Waals surface area (Å²) in [6.45, 7) is 8.71. The summed E-state index contributed by atoms with van der Waals surface area (Å²) < 4.78 is 26.7. The molecule has 0 spiro atoms. The van der Waals surface area contributed by atoms with Crippen LogP contribution in [0, 0.1) is 6.92 Å². The molecule has 0 fully saturated rings. The second kappa shape index (κ2) is 12.1. The van der Waals surface area contributed by atoms with Gasteiger partial charge in [-0.25, -0.2) is 23.5 Å². The first kappa shape index (κ1) is 28.4. The van der Waals surface area contributed by atoms with E-state index in [1.165, 1.54) is 0 Å². The second-order valence-corrected chi connectivity index (χ2v) is 11.5. The molecule has 0 atom stereocenters. The van der Waals surface area contributed by atoms with Crippen LogP contribution in [-0.4, -0.2) is 28.9 Å². The van der Waals surface area contributed by atoms with Gasteiger partial charge in [0.1, 0.15) is 11.3 Å². The molecule has 4 rings (SSSR count). The zero-order chi connectivity index (χ0) is 28.2. The number of primary sulfonamides is 1. The van der Waals surface area contributed by atoms with E-state index in [0.717, 1.165) is 71.3 Å². The quantitative estimate of drug-likeness (QED) is 0.248. The summed E-state index contributed by atoms with van der Waals surface area (Å²) in [7, 11) is -3.87. The third kappa shape index (κ3) is 6.37. The van der Waals surface area contributed by atoms with Gasteiger partial charge in [0.15, 0.2) is 5.65 Å². The smallest absolute Gasteiger partial charge is 0.238 e. The van der Waals surface area contributed by atoms with Crippen molar-refractivity contribution in [2.24, 2.45) is 5.14 Å². The molecule has 206 valence electrons. The number of aromatic nitrogens is 3. The maximum absolute atomic E-state index is 12.3. The van der Waals surface area contributed by atoms with Crippen molar-refractivity contribution in [2.75, 3.05) is 5.32 Å². The number of amides is 1. The lowest BCUT2D eigenvalue weighted by molar-refractivity contribution is -0.116. The fourth-order valence-corrected chi connectivity index (χ4v) is 5.58. The number of benzene rings is 2. The van der Waals surface area contributed by atoms with Gasteiger partial charge in [-0.2, -0.15) is 0 Å². The summed E-state index contributed by atoms with van der Waals surface area (Å²) in [5.41, 5.74) is 6.68. The molecule has 2 heterocycles. The molecule has 0 aliphatic heterocycles. The van der Waals surface area contributed by atoms with E-state index in [1.54, 1.807) is 12.3 Å². The standard InChI is InChI=1S/C30H37N5O3S/c1-5-8-21-13-16-26(39(31,37)38)24(17-21)23-14-11-22(12-15-23)19-35-27(9-6-2)34-29-20(4)25(18-32-30(29)35)33-28(36)10-7-3/h11-18H,5-10,19H2,1-4H3,(H,33,36)(H2,31,37,38). The van der Waals surface area contributed by atoms with Crippen molar-refractivity contribution < 1.29 is 13.2 Å². The molecular formula is C30H37N5O3S. The third-order valence-corrected chi connectivity index (χ3v) is 7.78. The monoisotopic (exact) mass is 547 g/mol. The summed E-state index contributed by atoms with van der Waals surface area (Å²) in [4.78, 5) is 21.9. The highest BCUT2D eigenvalue weighted by atomic mass is 32.2. The average molecular weight is 548 g/mol. The van der Waals surface area contributed by atoms with E-state index in [9.17, 15) is 13.2 Å². The molecule has 0 bridgehead atoms. The largest absolute Gasteiger partial charge is 0.324 e. The summed E-state index contributed by atoms with van der Waals surface area (Å²) >= 11 is 0. The predicted octanol–water partition coefficient (Wildman–Crippen LogP) is 5.75. The van der Waals surface area contributed by atoms with Gasteiger partial charge in [-0.1, -0.05) is 57.5 Å². The SMILES string of the molecule is CCCC(=O)Nc1cnc2c(nc(CCC)n2Cc2ccc(-c3cc(CCC)ccc3S(N)(=O)=O)cc2)c1C. The average Bonchev–Trinajstić information content (AvgIpc) is 3.23. The number of nitrogens with zero attached hydrogens (tertiary/aromatic N) is 3. The molecule has 2 aromatic heterocycles. The van der Waals surface area contributed by atoms with Gasteiger partial charge in [0.2, 0.25) is 15.9 Å². The number of imidazole rings is 1. The van der Waals surface area contributed by atoms with E-state index in [2.05, 4.69) is 23.7 Å². The first-order valence-electron chi connectivity index (χ1n) is 13.6. The molecule has 0 aliphatic carbocycles. The lowest BCUT2D eigenvalue weighted by atomic mass is 10.00. The Balaban J connectivity index is 1.69. The van der Waals surface area contributed by atoms with Crippen LogP contribution in [0.25, 0.3) is 22.3 Å². The molecule has 0 unspecified atom stereocenters. The van der Waals surface area contributed by atoms with Crippen LogP contribution in [0.3, 0.4) is 0 Å². The van der Waals surface area contributed by atoms with Gasteiger partial charge >= 0.3 is 0 Å². The molecule has 0 aliphatic rings. The van der Waals surface area contributed by atoms with Gasteiger partial charge < -0.3 is 9.88 Å². The number of hydrogen-bond donors (Lipinski definition) is 2. The van der Waals surface area contributed by atoms with Crippen LogP contribution in [0.2, 0.25) is 0 Å². The van der Waals surface area contributed by atoms with Crippen LogP contribution in [0.15, 0.2) is 53.6 Å². The van der Waals surface area contributed by atoms with Gasteiger partial charge in [-0.05, 0) is 55.0 Å². The summed E-state index contributed by atoms with van der Waals surface area (Å²) in [5, 5.41) is 8.49. The van der Waals surface area contributed by atoms with Crippen LogP contribution >= 0.6 is 0 Å². The van der Waals surface area contributed by atoms with Gasteiger partial charge in [0, 0.05) is 24.0 Å². The number of pyridine rings is 1. The molecule has 4 aromatic rings. The fraction of sp³-hybridized carbons (Fsp3) is 0.367. The van der Waals surface area contributed by atoms with Crippen molar-refractivity contribution in [2.45, 2.75) is 77.7 Å². The Morgan fingerprint density at radius 1 is 0.974 bits per heavy atom. The Bertz CT molecular complexity index is 1590. The van der Waals surface area contributed by atoms with E-state index in [-0.39, 0.29) is 10.8 Å². The minimum Gasteiger partial charge on any atom is -0.324 e. The predicted molar refractivity (Wildman–Crippen MR) is 156 cm³/mol. The van der Waals surface area contributed by atoms with Crippen molar-refractivity contribution >= 4 is 32.8 Å². The number of anilines is 1. The minimum absolute atomic E-state index is 0.0270. The van der Waals surface area contributed by atoms with Gasteiger partial charge in [0.25, 0.3) is 0 Å². The van der Waals surface area contributed by atoms with Gasteiger partial charge in [-0.3, -0.25) is 4.79 Å². The number of carbonyl (C=O) groups excluding carboxylic acids is 1. The van der Waals surface area contributed by atoms with Crippen LogP contribution < -0.4 is 10.5 Å².